The van der Waals surface area contributed by atoms with Gasteiger partial charge in [-0.05, 0) is 31.0 Å². The molecule has 0 bridgehead atoms. The maximum Gasteiger partial charge on any atom is 0.0587 e. The van der Waals surface area contributed by atoms with Crippen molar-refractivity contribution in [3.05, 3.63) is 48.7 Å². The molecule has 0 saturated heterocycles. The van der Waals surface area contributed by atoms with Gasteiger partial charge in [-0.1, -0.05) is 24.3 Å². The monoisotopic (exact) mass is 272 g/mol. The predicted octanol–water partition coefficient (Wildman–Crippen LogP) is 3.00. The van der Waals surface area contributed by atoms with Gasteiger partial charge in [0.2, 0.25) is 0 Å². The number of allylic oxidation sites excluding steroid dienone is 1. The Morgan fingerprint density at radius 3 is 2.95 bits per heavy atom. The number of hydrogen-bond donors (Lipinski definition) is 1. The molecule has 1 aromatic carbocycles. The molecule has 0 amide bonds. The number of fused-ring (bicyclic) bond motifs is 1. The fourth-order valence-electron chi connectivity index (χ4n) is 2.46. The molecule has 0 aliphatic rings. The number of nitrogens with zero attached hydrogens (tertiary/aromatic N) is 1. The van der Waals surface area contributed by atoms with E-state index in [1.165, 1.54) is 16.5 Å². The Morgan fingerprint density at radius 1 is 1.30 bits per heavy atom. The number of hydrogen-bond acceptors (Lipinski definition) is 2. The molecule has 3 heteroatoms. The van der Waals surface area contributed by atoms with E-state index in [4.69, 9.17) is 4.74 Å². The van der Waals surface area contributed by atoms with Crippen molar-refractivity contribution in [2.75, 3.05) is 26.8 Å². The lowest BCUT2D eigenvalue weighted by Crippen LogP contribution is -2.21. The Morgan fingerprint density at radius 2 is 2.15 bits per heavy atom. The van der Waals surface area contributed by atoms with Crippen molar-refractivity contribution in [3.8, 4) is 0 Å². The van der Waals surface area contributed by atoms with Crippen LogP contribution in [0.2, 0.25) is 0 Å². The second-order valence-electron chi connectivity index (χ2n) is 4.94. The third kappa shape index (κ3) is 3.71. The van der Waals surface area contributed by atoms with Crippen LogP contribution in [0, 0.1) is 0 Å². The molecule has 0 fully saturated rings. The Labute approximate surface area is 121 Å². The molecule has 0 aliphatic carbocycles. The van der Waals surface area contributed by atoms with Gasteiger partial charge in [0, 0.05) is 37.3 Å². The maximum absolute atomic E-state index is 5.04. The number of aromatic nitrogens is 1. The van der Waals surface area contributed by atoms with Crippen LogP contribution in [-0.4, -0.2) is 31.4 Å². The zero-order valence-corrected chi connectivity index (χ0v) is 12.3. The van der Waals surface area contributed by atoms with Gasteiger partial charge in [0.15, 0.2) is 0 Å². The van der Waals surface area contributed by atoms with Crippen LogP contribution in [0.3, 0.4) is 0 Å². The summed E-state index contributed by atoms with van der Waals surface area (Å²) >= 11 is 0. The number of methoxy groups -OCH3 is 1. The van der Waals surface area contributed by atoms with Gasteiger partial charge in [0.1, 0.15) is 0 Å². The SMILES string of the molecule is C=CCCn1cc(CCNCCOC)c2ccccc21. The van der Waals surface area contributed by atoms with Crippen LogP contribution in [0.5, 0.6) is 0 Å². The lowest BCUT2D eigenvalue weighted by molar-refractivity contribution is 0.199. The van der Waals surface area contributed by atoms with Gasteiger partial charge in [0.05, 0.1) is 6.61 Å². The van der Waals surface area contributed by atoms with Crippen LogP contribution in [-0.2, 0) is 17.7 Å². The Bertz CT molecular complexity index is 545. The summed E-state index contributed by atoms with van der Waals surface area (Å²) in [6.45, 7) is 7.46. The first-order valence-electron chi connectivity index (χ1n) is 7.24. The molecule has 0 saturated carbocycles. The molecule has 2 aromatic rings. The van der Waals surface area contributed by atoms with E-state index in [9.17, 15) is 0 Å². The molecule has 1 heterocycles. The molecule has 1 N–H and O–H groups in total. The van der Waals surface area contributed by atoms with Crippen molar-refractivity contribution >= 4 is 10.9 Å². The van der Waals surface area contributed by atoms with Crippen molar-refractivity contribution in [1.82, 2.24) is 9.88 Å². The summed E-state index contributed by atoms with van der Waals surface area (Å²) in [5, 5.41) is 4.77. The highest BCUT2D eigenvalue weighted by Gasteiger charge is 2.07. The van der Waals surface area contributed by atoms with Crippen LogP contribution in [0.15, 0.2) is 43.1 Å². The largest absolute Gasteiger partial charge is 0.383 e. The van der Waals surface area contributed by atoms with Crippen molar-refractivity contribution in [3.63, 3.8) is 0 Å². The van der Waals surface area contributed by atoms with Crippen LogP contribution < -0.4 is 5.32 Å². The van der Waals surface area contributed by atoms with E-state index in [2.05, 4.69) is 46.9 Å². The third-order valence-electron chi connectivity index (χ3n) is 3.50. The average Bonchev–Trinajstić information content (AvgIpc) is 2.83. The molecule has 0 unspecified atom stereocenters. The number of ether oxygens (including phenoxy) is 1. The average molecular weight is 272 g/mol. The molecule has 0 aliphatic heterocycles. The molecule has 1 aromatic heterocycles. The first kappa shape index (κ1) is 14.8. The molecular formula is C17H24N2O. The topological polar surface area (TPSA) is 26.2 Å². The zero-order chi connectivity index (χ0) is 14.2. The van der Waals surface area contributed by atoms with E-state index in [0.29, 0.717) is 0 Å². The lowest BCUT2D eigenvalue weighted by atomic mass is 10.1. The summed E-state index contributed by atoms with van der Waals surface area (Å²) in [6, 6.07) is 8.62. The molecule has 3 nitrogen and oxygen atoms in total. The quantitative estimate of drug-likeness (QED) is 0.561. The summed E-state index contributed by atoms with van der Waals surface area (Å²) in [5.74, 6) is 0. The minimum absolute atomic E-state index is 0.765. The molecule has 20 heavy (non-hydrogen) atoms. The number of nitrogens with one attached hydrogen (secondary N) is 1. The Hall–Kier alpha value is -1.58. The summed E-state index contributed by atoms with van der Waals surface area (Å²) in [4.78, 5) is 0. The Kier molecular flexibility index (Phi) is 5.84. The van der Waals surface area contributed by atoms with Gasteiger partial charge in [0.25, 0.3) is 0 Å². The number of para-hydroxylation sites is 1. The fourth-order valence-corrected chi connectivity index (χ4v) is 2.46. The van der Waals surface area contributed by atoms with Crippen molar-refractivity contribution in [1.29, 1.82) is 0 Å². The summed E-state index contributed by atoms with van der Waals surface area (Å²) in [5.41, 5.74) is 2.73. The highest BCUT2D eigenvalue weighted by molar-refractivity contribution is 5.84. The van der Waals surface area contributed by atoms with Crippen LogP contribution in [0.25, 0.3) is 10.9 Å². The minimum Gasteiger partial charge on any atom is -0.383 e. The van der Waals surface area contributed by atoms with E-state index < -0.39 is 0 Å². The van der Waals surface area contributed by atoms with Crippen molar-refractivity contribution in [2.45, 2.75) is 19.4 Å². The normalized spacial score (nSPS) is 11.1. The smallest absolute Gasteiger partial charge is 0.0587 e. The summed E-state index contributed by atoms with van der Waals surface area (Å²) in [6.07, 6.45) is 6.31. The third-order valence-corrected chi connectivity index (χ3v) is 3.50. The van der Waals surface area contributed by atoms with E-state index in [1.54, 1.807) is 7.11 Å². The summed E-state index contributed by atoms with van der Waals surface area (Å²) < 4.78 is 7.37. The molecule has 2 rings (SSSR count). The van der Waals surface area contributed by atoms with E-state index >= 15 is 0 Å². The second kappa shape index (κ2) is 7.88. The van der Waals surface area contributed by atoms with Gasteiger partial charge >= 0.3 is 0 Å². The molecular weight excluding hydrogens is 248 g/mol. The van der Waals surface area contributed by atoms with Gasteiger partial charge in [-0.2, -0.15) is 0 Å². The van der Waals surface area contributed by atoms with Crippen molar-refractivity contribution < 1.29 is 4.74 Å². The van der Waals surface area contributed by atoms with Crippen LogP contribution >= 0.6 is 0 Å². The second-order valence-corrected chi connectivity index (χ2v) is 4.94. The van der Waals surface area contributed by atoms with Crippen LogP contribution in [0.1, 0.15) is 12.0 Å². The number of aryl methyl sites for hydroxylation is 1. The summed E-state index contributed by atoms with van der Waals surface area (Å²) in [7, 11) is 1.73. The van der Waals surface area contributed by atoms with Gasteiger partial charge in [-0.3, -0.25) is 0 Å². The standard InChI is InChI=1S/C17H24N2O/c1-3-4-12-19-14-15(9-10-18-11-13-20-2)16-7-5-6-8-17(16)19/h3,5-8,14,18H,1,4,9-13H2,2H3. The van der Waals surface area contributed by atoms with E-state index in [1.807, 2.05) is 6.08 Å². The highest BCUT2D eigenvalue weighted by Crippen LogP contribution is 2.22. The van der Waals surface area contributed by atoms with E-state index in [-0.39, 0.29) is 0 Å². The first-order chi connectivity index (χ1) is 9.86. The molecule has 0 spiro atoms. The fraction of sp³-hybridized carbons (Fsp3) is 0.412. The highest BCUT2D eigenvalue weighted by atomic mass is 16.5. The van der Waals surface area contributed by atoms with Gasteiger partial charge < -0.3 is 14.6 Å². The molecule has 108 valence electrons. The zero-order valence-electron chi connectivity index (χ0n) is 12.3. The first-order valence-corrected chi connectivity index (χ1v) is 7.24. The van der Waals surface area contributed by atoms with Crippen molar-refractivity contribution in [2.24, 2.45) is 0 Å². The lowest BCUT2D eigenvalue weighted by Gasteiger charge is -2.03. The predicted molar refractivity (Wildman–Crippen MR) is 85.2 cm³/mol. The number of rotatable bonds is 9. The maximum atomic E-state index is 5.04. The van der Waals surface area contributed by atoms with Gasteiger partial charge in [-0.25, -0.2) is 0 Å². The van der Waals surface area contributed by atoms with Gasteiger partial charge in [-0.15, -0.1) is 6.58 Å². The molecule has 0 atom stereocenters. The molecule has 0 radical (unpaired) electrons. The number of benzene rings is 1. The minimum atomic E-state index is 0.765. The van der Waals surface area contributed by atoms with E-state index in [0.717, 1.165) is 39.1 Å². The van der Waals surface area contributed by atoms with Crippen LogP contribution in [0.4, 0.5) is 0 Å². The Balaban J connectivity index is 2.06.